The van der Waals surface area contributed by atoms with Crippen LogP contribution in [-0.2, 0) is 15.4 Å². The maximum Gasteiger partial charge on any atom is 0.212 e. The Morgan fingerprint density at radius 3 is 2.67 bits per heavy atom. The summed E-state index contributed by atoms with van der Waals surface area (Å²) in [5, 5.41) is 13.7. The summed E-state index contributed by atoms with van der Waals surface area (Å²) in [6.45, 7) is 6.97. The fourth-order valence-electron chi connectivity index (χ4n) is 3.01. The first kappa shape index (κ1) is 20.6. The van der Waals surface area contributed by atoms with Crippen LogP contribution in [0.4, 0.5) is 4.39 Å². The van der Waals surface area contributed by atoms with E-state index in [0.29, 0.717) is 34.6 Å². The zero-order chi connectivity index (χ0) is 21.5. The minimum atomic E-state index is -0.558. The first-order valence-corrected chi connectivity index (χ1v) is 11.3. The van der Waals surface area contributed by atoms with Gasteiger partial charge in [-0.1, -0.05) is 0 Å². The van der Waals surface area contributed by atoms with E-state index in [2.05, 4.69) is 43.2 Å². The molecule has 156 valence electrons. The molecule has 3 heterocycles. The van der Waals surface area contributed by atoms with Gasteiger partial charge in [-0.25, -0.2) is 9.50 Å². The number of hydrogen-bond acceptors (Lipinski definition) is 5. The molecule has 0 aliphatic heterocycles. The predicted octanol–water partition coefficient (Wildman–Crippen LogP) is 4.30. The molecule has 1 atom stereocenters. The summed E-state index contributed by atoms with van der Waals surface area (Å²) >= 11 is -0.186. The van der Waals surface area contributed by atoms with Crippen LogP contribution in [-0.4, -0.2) is 37.8 Å². The molecule has 30 heavy (non-hydrogen) atoms. The van der Waals surface area contributed by atoms with E-state index in [1.807, 2.05) is 6.07 Å². The molecule has 1 unspecified atom stereocenters. The van der Waals surface area contributed by atoms with E-state index < -0.39 is 5.95 Å². The van der Waals surface area contributed by atoms with E-state index in [-0.39, 0.29) is 21.5 Å². The zero-order valence-electron chi connectivity index (χ0n) is 17.5. The predicted molar refractivity (Wildman–Crippen MR) is 115 cm³/mol. The normalized spacial score (nSPS) is 16.3. The molecule has 1 fully saturated rings. The van der Waals surface area contributed by atoms with E-state index >= 15 is 0 Å². The zero-order valence-corrected chi connectivity index (χ0v) is 18.3. The van der Waals surface area contributed by atoms with Crippen LogP contribution in [0.3, 0.4) is 0 Å². The molecule has 1 aliphatic rings. The van der Waals surface area contributed by atoms with E-state index in [0.717, 1.165) is 12.8 Å². The second-order valence-electron chi connectivity index (χ2n) is 8.54. The van der Waals surface area contributed by atoms with Crippen molar-refractivity contribution in [3.8, 4) is 22.9 Å². The maximum atomic E-state index is 13.3. The molecular formula is C22H24FN4O2S+. The summed E-state index contributed by atoms with van der Waals surface area (Å²) in [7, 11) is 0. The van der Waals surface area contributed by atoms with E-state index in [1.165, 1.54) is 18.5 Å². The van der Waals surface area contributed by atoms with Gasteiger partial charge in [0.2, 0.25) is 5.95 Å². The van der Waals surface area contributed by atoms with Crippen LogP contribution in [0.5, 0.6) is 5.75 Å². The van der Waals surface area contributed by atoms with Crippen molar-refractivity contribution in [1.29, 1.82) is 5.26 Å². The molecule has 0 aromatic carbocycles. The number of halogens is 1. The molecule has 0 saturated heterocycles. The average Bonchev–Trinajstić information content (AvgIpc) is 3.34. The van der Waals surface area contributed by atoms with Crippen LogP contribution in [0.15, 0.2) is 36.8 Å². The average molecular weight is 428 g/mol. The van der Waals surface area contributed by atoms with Crippen LogP contribution in [0.25, 0.3) is 16.6 Å². The van der Waals surface area contributed by atoms with Gasteiger partial charge in [-0.05, 0) is 51.8 Å². The molecule has 8 heteroatoms. The molecule has 6 nitrogen and oxygen atoms in total. The van der Waals surface area contributed by atoms with Crippen molar-refractivity contribution >= 4 is 16.7 Å². The molecule has 1 saturated carbocycles. The molecule has 0 N–H and O–H groups in total. The summed E-state index contributed by atoms with van der Waals surface area (Å²) in [4.78, 5) is 3.74. The molecule has 1 aliphatic carbocycles. The summed E-state index contributed by atoms with van der Waals surface area (Å²) in [6, 6.07) is 6.93. The molecule has 0 spiro atoms. The maximum absolute atomic E-state index is 13.3. The molecule has 3 aromatic rings. The van der Waals surface area contributed by atoms with Crippen LogP contribution < -0.4 is 4.74 Å². The summed E-state index contributed by atoms with van der Waals surface area (Å²) in [5.74, 6) is 0.0499. The Balaban J connectivity index is 1.63. The van der Waals surface area contributed by atoms with Gasteiger partial charge in [0.25, 0.3) is 0 Å². The third kappa shape index (κ3) is 4.13. The highest BCUT2D eigenvalue weighted by Gasteiger charge is 2.53. The minimum absolute atomic E-state index is 0.0833. The van der Waals surface area contributed by atoms with Crippen LogP contribution in [0.2, 0.25) is 0 Å². The van der Waals surface area contributed by atoms with Crippen molar-refractivity contribution in [2.75, 3.05) is 12.9 Å². The van der Waals surface area contributed by atoms with Crippen LogP contribution in [0.1, 0.15) is 39.2 Å². The smallest absolute Gasteiger partial charge is 0.212 e. The lowest BCUT2D eigenvalue weighted by molar-refractivity contribution is 0.123. The lowest BCUT2D eigenvalue weighted by Crippen LogP contribution is -2.36. The van der Waals surface area contributed by atoms with E-state index in [9.17, 15) is 9.65 Å². The highest BCUT2D eigenvalue weighted by Crippen LogP contribution is 2.43. The van der Waals surface area contributed by atoms with Crippen molar-refractivity contribution < 1.29 is 13.3 Å². The van der Waals surface area contributed by atoms with Crippen molar-refractivity contribution in [1.82, 2.24) is 14.6 Å². The number of ether oxygens (including phenoxy) is 1. The van der Waals surface area contributed by atoms with Crippen molar-refractivity contribution in [2.24, 2.45) is 0 Å². The van der Waals surface area contributed by atoms with E-state index in [1.54, 1.807) is 16.8 Å². The van der Waals surface area contributed by atoms with Gasteiger partial charge in [-0.3, -0.25) is 0 Å². The van der Waals surface area contributed by atoms with Crippen LogP contribution >= 0.6 is 0 Å². The Kier molecular flexibility index (Phi) is 5.20. The lowest BCUT2D eigenvalue weighted by Gasteiger charge is -2.21. The SMILES string of the molecule is C[S+](OC1(COc2cc(-c3ccc(F)nc3)c3c(C#N)cnn3c2)CC1)C(C)(C)C. The van der Waals surface area contributed by atoms with Crippen molar-refractivity contribution in [3.63, 3.8) is 0 Å². The summed E-state index contributed by atoms with van der Waals surface area (Å²) in [6.07, 6.45) is 8.77. The molecule has 0 bridgehead atoms. The minimum Gasteiger partial charge on any atom is -0.489 e. The van der Waals surface area contributed by atoms with Gasteiger partial charge in [0.15, 0.2) is 10.3 Å². The molecule has 4 rings (SSSR count). The van der Waals surface area contributed by atoms with Gasteiger partial charge in [0.1, 0.15) is 35.9 Å². The first-order valence-electron chi connectivity index (χ1n) is 9.73. The van der Waals surface area contributed by atoms with Gasteiger partial charge in [-0.15, -0.1) is 0 Å². The number of aromatic nitrogens is 3. The van der Waals surface area contributed by atoms with Crippen molar-refractivity contribution in [2.45, 2.75) is 44.0 Å². The molecule has 0 radical (unpaired) electrons. The Morgan fingerprint density at radius 2 is 2.07 bits per heavy atom. The van der Waals surface area contributed by atoms with Gasteiger partial charge < -0.3 is 4.74 Å². The number of rotatable bonds is 6. The third-order valence-corrected chi connectivity index (χ3v) is 7.55. The van der Waals surface area contributed by atoms with Crippen LogP contribution in [0, 0.1) is 17.3 Å². The molecule has 3 aromatic heterocycles. The highest BCUT2D eigenvalue weighted by atomic mass is 32.2. The van der Waals surface area contributed by atoms with Gasteiger partial charge in [0.05, 0.1) is 23.5 Å². The third-order valence-electron chi connectivity index (χ3n) is 5.22. The number of fused-ring (bicyclic) bond motifs is 1. The fourth-order valence-corrected chi connectivity index (χ4v) is 4.00. The fraction of sp³-hybridized carbons (Fsp3) is 0.409. The largest absolute Gasteiger partial charge is 0.489 e. The Morgan fingerprint density at radius 1 is 1.30 bits per heavy atom. The number of pyridine rings is 2. The van der Waals surface area contributed by atoms with Gasteiger partial charge >= 0.3 is 0 Å². The quantitative estimate of drug-likeness (QED) is 0.433. The van der Waals surface area contributed by atoms with Crippen molar-refractivity contribution in [3.05, 3.63) is 48.3 Å². The molecular weight excluding hydrogens is 403 g/mol. The highest BCUT2D eigenvalue weighted by molar-refractivity contribution is 7.93. The number of nitrogens with zero attached hydrogens (tertiary/aromatic N) is 4. The number of hydrogen-bond donors (Lipinski definition) is 0. The second-order valence-corrected chi connectivity index (χ2v) is 10.8. The second kappa shape index (κ2) is 7.56. The molecule has 0 amide bonds. The van der Waals surface area contributed by atoms with Gasteiger partial charge in [0, 0.05) is 17.3 Å². The lowest BCUT2D eigenvalue weighted by atomic mass is 10.1. The topological polar surface area (TPSA) is 72.4 Å². The van der Waals surface area contributed by atoms with E-state index in [4.69, 9.17) is 8.92 Å². The summed E-state index contributed by atoms with van der Waals surface area (Å²) < 4.78 is 27.5. The first-order chi connectivity index (χ1) is 14.2. The monoisotopic (exact) mass is 427 g/mol. The summed E-state index contributed by atoms with van der Waals surface area (Å²) in [5.41, 5.74) is 2.22. The Hall–Kier alpha value is -2.63. The Bertz CT molecular complexity index is 1110. The Labute approximate surface area is 178 Å². The van der Waals surface area contributed by atoms with Gasteiger partial charge in [-0.2, -0.15) is 18.9 Å². The number of nitriles is 1. The standard InChI is InChI=1S/C22H24FN4O2S/c1-21(2,3)30(4)29-22(7-8-22)14-28-17-9-18(15-5-6-19(23)25-11-15)20-16(10-24)12-26-27(20)13-17/h5-6,9,11-13H,7-8,14H2,1-4H3/q+1.